The van der Waals surface area contributed by atoms with E-state index in [1.807, 2.05) is 0 Å². The van der Waals surface area contributed by atoms with Gasteiger partial charge in [-0.25, -0.2) is 9.59 Å². The summed E-state index contributed by atoms with van der Waals surface area (Å²) < 4.78 is 19.5. The fourth-order valence-electron chi connectivity index (χ4n) is 2.85. The molecule has 0 saturated carbocycles. The smallest absolute Gasteiger partial charge is 0.464 e. The molecule has 1 aromatic rings. The minimum Gasteiger partial charge on any atom is -0.464 e. The largest absolute Gasteiger partial charge is 0.519 e. The predicted octanol–water partition coefficient (Wildman–Crippen LogP) is 2.68. The van der Waals surface area contributed by atoms with Crippen LogP contribution in [-0.2, 0) is 25.7 Å². The average Bonchev–Trinajstić information content (AvgIpc) is 3.02. The fourth-order valence-corrected chi connectivity index (χ4v) is 3.51. The van der Waals surface area contributed by atoms with Crippen LogP contribution >= 0.6 is 11.8 Å². The van der Waals surface area contributed by atoms with Gasteiger partial charge in [0.25, 0.3) is 0 Å². The molecule has 162 valence electrons. The van der Waals surface area contributed by atoms with Crippen molar-refractivity contribution >= 4 is 28.8 Å². The van der Waals surface area contributed by atoms with Crippen LogP contribution in [0.25, 0.3) is 0 Å². The van der Waals surface area contributed by atoms with Gasteiger partial charge < -0.3 is 18.3 Å². The maximum Gasteiger partial charge on any atom is 0.519 e. The molecular formula is C19H27NO8S. The van der Waals surface area contributed by atoms with E-state index in [1.54, 1.807) is 6.92 Å². The molecule has 1 aliphatic heterocycles. The van der Waals surface area contributed by atoms with Crippen molar-refractivity contribution in [2.24, 2.45) is 0 Å². The second-order valence-corrected chi connectivity index (χ2v) is 8.10. The lowest BCUT2D eigenvalue weighted by atomic mass is 10.1. The number of likely N-dealkylation sites (tertiary alicyclic amines) is 1. The standard InChI is InChI=1S/C19H27NO8S/c1-13-16(28-18(23)27-13)12-26-19(24)29-14(2)15(21)6-7-17(22)25-11-10-20-8-4-3-5-9-20/h14H,3-12H2,1-2H3. The summed E-state index contributed by atoms with van der Waals surface area (Å²) in [6, 6.07) is 0. The van der Waals surface area contributed by atoms with Gasteiger partial charge in [-0.2, -0.15) is 0 Å². The molecule has 0 aromatic carbocycles. The Morgan fingerprint density at radius 2 is 1.83 bits per heavy atom. The summed E-state index contributed by atoms with van der Waals surface area (Å²) in [5, 5.41) is -1.35. The second kappa shape index (κ2) is 11.8. The summed E-state index contributed by atoms with van der Waals surface area (Å²) in [5.74, 6) is -1.18. The molecule has 1 aromatic heterocycles. The Balaban J connectivity index is 1.59. The number of nitrogens with zero attached hydrogens (tertiary/aromatic N) is 1. The third-order valence-corrected chi connectivity index (χ3v) is 5.50. The van der Waals surface area contributed by atoms with Crippen molar-refractivity contribution in [3.63, 3.8) is 0 Å². The van der Waals surface area contributed by atoms with Crippen molar-refractivity contribution in [3.05, 3.63) is 22.1 Å². The van der Waals surface area contributed by atoms with Gasteiger partial charge in [0.1, 0.15) is 12.4 Å². The Morgan fingerprint density at radius 1 is 1.10 bits per heavy atom. The van der Waals surface area contributed by atoms with Crippen LogP contribution in [0.5, 0.6) is 0 Å². The van der Waals surface area contributed by atoms with E-state index in [0.717, 1.165) is 13.1 Å². The van der Waals surface area contributed by atoms with E-state index in [2.05, 4.69) is 9.32 Å². The summed E-state index contributed by atoms with van der Waals surface area (Å²) in [4.78, 5) is 48.9. The van der Waals surface area contributed by atoms with Crippen molar-refractivity contribution in [1.29, 1.82) is 0 Å². The van der Waals surface area contributed by atoms with Crippen LogP contribution in [0.1, 0.15) is 50.5 Å². The number of hydrogen-bond donors (Lipinski definition) is 0. The summed E-state index contributed by atoms with van der Waals surface area (Å²) in [6.07, 6.45) is 3.59. The van der Waals surface area contributed by atoms with E-state index in [4.69, 9.17) is 13.9 Å². The van der Waals surface area contributed by atoms with Gasteiger partial charge >= 0.3 is 17.1 Å². The molecule has 0 amide bonds. The Hall–Kier alpha value is -2.07. The lowest BCUT2D eigenvalue weighted by Crippen LogP contribution is -2.33. The highest BCUT2D eigenvalue weighted by molar-refractivity contribution is 8.14. The van der Waals surface area contributed by atoms with E-state index in [0.29, 0.717) is 24.9 Å². The van der Waals surface area contributed by atoms with Crippen LogP contribution in [0.4, 0.5) is 4.79 Å². The number of carbonyl (C=O) groups is 3. The molecule has 9 nitrogen and oxygen atoms in total. The zero-order chi connectivity index (χ0) is 21.2. The highest BCUT2D eigenvalue weighted by Crippen LogP contribution is 2.18. The molecular weight excluding hydrogens is 402 g/mol. The van der Waals surface area contributed by atoms with Gasteiger partial charge in [-0.1, -0.05) is 6.42 Å². The molecule has 0 N–H and O–H groups in total. The number of hydrogen-bond acceptors (Lipinski definition) is 10. The first-order valence-corrected chi connectivity index (χ1v) is 10.6. The normalized spacial score (nSPS) is 15.7. The Morgan fingerprint density at radius 3 is 2.48 bits per heavy atom. The van der Waals surface area contributed by atoms with Crippen LogP contribution in [0.15, 0.2) is 13.6 Å². The quantitative estimate of drug-likeness (QED) is 0.514. The van der Waals surface area contributed by atoms with Crippen LogP contribution in [0.2, 0.25) is 0 Å². The Kier molecular flexibility index (Phi) is 9.46. The molecule has 0 radical (unpaired) electrons. The van der Waals surface area contributed by atoms with Crippen molar-refractivity contribution < 1.29 is 32.7 Å². The first-order chi connectivity index (χ1) is 13.8. The topological polar surface area (TPSA) is 116 Å². The first kappa shape index (κ1) is 23.2. The minimum atomic E-state index is -0.868. The SMILES string of the molecule is Cc1oc(=O)oc1COC(=O)SC(C)C(=O)CCC(=O)OCCN1CCCCC1. The highest BCUT2D eigenvalue weighted by atomic mass is 32.2. The van der Waals surface area contributed by atoms with Gasteiger partial charge in [0.2, 0.25) is 0 Å². The highest BCUT2D eigenvalue weighted by Gasteiger charge is 2.21. The van der Waals surface area contributed by atoms with E-state index in [-0.39, 0.29) is 36.8 Å². The fraction of sp³-hybridized carbons (Fsp3) is 0.684. The molecule has 0 spiro atoms. The number of piperidine rings is 1. The summed E-state index contributed by atoms with van der Waals surface area (Å²) in [7, 11) is 0. The lowest BCUT2D eigenvalue weighted by molar-refractivity contribution is -0.145. The van der Waals surface area contributed by atoms with E-state index in [1.165, 1.54) is 26.2 Å². The summed E-state index contributed by atoms with van der Waals surface area (Å²) in [5.41, 5.74) is 0. The molecule has 1 unspecified atom stereocenters. The zero-order valence-corrected chi connectivity index (χ0v) is 17.6. The van der Waals surface area contributed by atoms with E-state index >= 15 is 0 Å². The van der Waals surface area contributed by atoms with E-state index in [9.17, 15) is 19.2 Å². The maximum atomic E-state index is 12.1. The molecule has 29 heavy (non-hydrogen) atoms. The third-order valence-electron chi connectivity index (χ3n) is 4.58. The number of ether oxygens (including phenoxy) is 2. The number of Topliss-reactive ketones (excluding diaryl/α,β-unsaturated/α-hetero) is 1. The molecule has 2 heterocycles. The molecule has 1 saturated heterocycles. The summed E-state index contributed by atoms with van der Waals surface area (Å²) >= 11 is 0.708. The van der Waals surface area contributed by atoms with Gasteiger partial charge in [-0.3, -0.25) is 14.5 Å². The van der Waals surface area contributed by atoms with Crippen molar-refractivity contribution in [2.75, 3.05) is 26.2 Å². The second-order valence-electron chi connectivity index (χ2n) is 6.82. The minimum absolute atomic E-state index is 0.000290. The van der Waals surface area contributed by atoms with Gasteiger partial charge in [0, 0.05) is 13.0 Å². The molecule has 0 aliphatic carbocycles. The molecule has 10 heteroatoms. The zero-order valence-electron chi connectivity index (χ0n) is 16.8. The van der Waals surface area contributed by atoms with Crippen LogP contribution in [0.3, 0.4) is 0 Å². The van der Waals surface area contributed by atoms with Crippen LogP contribution in [0, 0.1) is 6.92 Å². The van der Waals surface area contributed by atoms with Gasteiger partial charge in [-0.05, 0) is 51.5 Å². The predicted molar refractivity (Wildman–Crippen MR) is 105 cm³/mol. The number of carbonyl (C=O) groups excluding carboxylic acids is 3. The lowest BCUT2D eigenvalue weighted by Gasteiger charge is -2.25. The Bertz CT molecular complexity index is 750. The van der Waals surface area contributed by atoms with Gasteiger partial charge in [0.15, 0.2) is 18.1 Å². The van der Waals surface area contributed by atoms with Crippen LogP contribution < -0.4 is 5.82 Å². The van der Waals surface area contributed by atoms with E-state index < -0.39 is 22.3 Å². The number of esters is 1. The van der Waals surface area contributed by atoms with Crippen molar-refractivity contribution in [3.8, 4) is 0 Å². The molecule has 1 aliphatic rings. The number of rotatable bonds is 10. The maximum absolute atomic E-state index is 12.1. The summed E-state index contributed by atoms with van der Waals surface area (Å²) in [6.45, 7) is 5.94. The third kappa shape index (κ3) is 8.45. The molecule has 0 bridgehead atoms. The van der Waals surface area contributed by atoms with Crippen molar-refractivity contribution in [1.82, 2.24) is 4.90 Å². The average molecular weight is 429 g/mol. The monoisotopic (exact) mass is 429 g/mol. The molecule has 2 rings (SSSR count). The number of aryl methyl sites for hydroxylation is 1. The first-order valence-electron chi connectivity index (χ1n) is 9.68. The molecule has 1 atom stereocenters. The Labute approximate surface area is 173 Å². The number of thioether (sulfide) groups is 1. The number of ketones is 1. The van der Waals surface area contributed by atoms with Gasteiger partial charge in [0.05, 0.1) is 11.7 Å². The van der Waals surface area contributed by atoms with Gasteiger partial charge in [-0.15, -0.1) is 0 Å². The molecule has 1 fully saturated rings. The van der Waals surface area contributed by atoms with Crippen molar-refractivity contribution in [2.45, 2.75) is 57.8 Å². The van der Waals surface area contributed by atoms with Crippen LogP contribution in [-0.4, -0.2) is 53.4 Å².